The van der Waals surface area contributed by atoms with E-state index in [1.54, 1.807) is 6.08 Å². The van der Waals surface area contributed by atoms with Gasteiger partial charge in [-0.2, -0.15) is 0 Å². The van der Waals surface area contributed by atoms with Crippen LogP contribution in [0.1, 0.15) is 17.7 Å². The van der Waals surface area contributed by atoms with Gasteiger partial charge in [-0.25, -0.2) is 0 Å². The normalized spacial score (nSPS) is 16.0. The Balaban J connectivity index is 1.51. The summed E-state index contributed by atoms with van der Waals surface area (Å²) in [7, 11) is 0. The van der Waals surface area contributed by atoms with Gasteiger partial charge in [0.1, 0.15) is 11.3 Å². The fourth-order valence-electron chi connectivity index (χ4n) is 3.86. The summed E-state index contributed by atoms with van der Waals surface area (Å²) >= 11 is 1.83. The van der Waals surface area contributed by atoms with Crippen LogP contribution >= 0.6 is 11.3 Å². The lowest BCUT2D eigenvalue weighted by molar-refractivity contribution is 0.601. The van der Waals surface area contributed by atoms with E-state index in [-0.39, 0.29) is 6.04 Å². The zero-order valence-electron chi connectivity index (χ0n) is 16.2. The van der Waals surface area contributed by atoms with Gasteiger partial charge in [0.2, 0.25) is 0 Å². The maximum absolute atomic E-state index is 6.11. The van der Waals surface area contributed by atoms with Gasteiger partial charge in [-0.15, -0.1) is 11.3 Å². The number of nitrogens with two attached hydrogens (primary N) is 1. The van der Waals surface area contributed by atoms with Crippen LogP contribution in [0.25, 0.3) is 39.3 Å². The van der Waals surface area contributed by atoms with Crippen LogP contribution in [0.15, 0.2) is 59.5 Å². The van der Waals surface area contributed by atoms with E-state index in [9.17, 15) is 0 Å². The number of benzene rings is 2. The van der Waals surface area contributed by atoms with Gasteiger partial charge in [-0.3, -0.25) is 0 Å². The van der Waals surface area contributed by atoms with Crippen molar-refractivity contribution in [2.45, 2.75) is 19.4 Å². The third-order valence-corrected chi connectivity index (χ3v) is 6.52. The van der Waals surface area contributed by atoms with Crippen molar-refractivity contribution >= 4 is 62.0 Å². The summed E-state index contributed by atoms with van der Waals surface area (Å²) in [6.45, 7) is 5.80. The van der Waals surface area contributed by atoms with Gasteiger partial charge in [0.25, 0.3) is 0 Å². The lowest BCUT2D eigenvalue weighted by Crippen LogP contribution is -2.30. The van der Waals surface area contributed by atoms with Crippen LogP contribution in [0, 0.1) is 6.92 Å². The minimum Gasteiger partial charge on any atom is -0.456 e. The smallest absolute Gasteiger partial charge is 0.135 e. The first kappa shape index (κ1) is 18.0. The van der Waals surface area contributed by atoms with E-state index >= 15 is 0 Å². The van der Waals surface area contributed by atoms with Gasteiger partial charge >= 0.3 is 0 Å². The first-order chi connectivity index (χ1) is 14.1. The van der Waals surface area contributed by atoms with Crippen LogP contribution in [0.4, 0.5) is 11.4 Å². The van der Waals surface area contributed by atoms with Crippen LogP contribution in [-0.2, 0) is 0 Å². The van der Waals surface area contributed by atoms with Gasteiger partial charge in [0, 0.05) is 43.0 Å². The predicted octanol–water partition coefficient (Wildman–Crippen LogP) is 5.19. The molecule has 2 aromatic carbocycles. The van der Waals surface area contributed by atoms with E-state index in [1.165, 1.54) is 19.8 Å². The van der Waals surface area contributed by atoms with Gasteiger partial charge in [-0.05, 0) is 55.0 Å². The molecule has 0 fully saturated rings. The first-order valence-electron chi connectivity index (χ1n) is 9.72. The van der Waals surface area contributed by atoms with Crippen molar-refractivity contribution in [3.63, 3.8) is 0 Å². The third-order valence-electron chi connectivity index (χ3n) is 5.36. The summed E-state index contributed by atoms with van der Waals surface area (Å²) in [4.78, 5) is 0. The highest BCUT2D eigenvalue weighted by Gasteiger charge is 2.11. The second kappa shape index (κ2) is 7.07. The minimum atomic E-state index is 0.120. The Hall–Kier alpha value is -3.08. The molecule has 0 saturated carbocycles. The zero-order chi connectivity index (χ0) is 20.0. The van der Waals surface area contributed by atoms with Crippen LogP contribution in [0.2, 0.25) is 0 Å². The molecule has 0 bridgehead atoms. The van der Waals surface area contributed by atoms with Gasteiger partial charge < -0.3 is 15.5 Å². The Morgan fingerprint density at radius 3 is 2.86 bits per heavy atom. The molecule has 4 aromatic rings. The second-order valence-corrected chi connectivity index (χ2v) is 8.47. The molecule has 0 saturated heterocycles. The molecule has 0 spiro atoms. The van der Waals surface area contributed by atoms with E-state index in [0.29, 0.717) is 0 Å². The topological polar surface area (TPSA) is 51.2 Å². The molecule has 1 aliphatic carbocycles. The molecule has 4 heteroatoms. The van der Waals surface area contributed by atoms with E-state index < -0.39 is 0 Å². The van der Waals surface area contributed by atoms with Crippen molar-refractivity contribution in [3.05, 3.63) is 76.2 Å². The fraction of sp³-hybridized carbons (Fsp3) is 0.120. The molecule has 144 valence electrons. The molecule has 0 amide bonds. The molecular weight excluding hydrogens is 376 g/mol. The van der Waals surface area contributed by atoms with Gasteiger partial charge in [-0.1, -0.05) is 36.9 Å². The molecule has 0 radical (unpaired) electrons. The molecule has 3 nitrogen and oxygen atoms in total. The fourth-order valence-corrected chi connectivity index (χ4v) is 5.04. The maximum atomic E-state index is 6.11. The van der Waals surface area contributed by atoms with E-state index in [2.05, 4.69) is 61.3 Å². The van der Waals surface area contributed by atoms with Crippen molar-refractivity contribution in [2.24, 2.45) is 5.73 Å². The molecule has 1 atom stereocenters. The number of furan rings is 1. The van der Waals surface area contributed by atoms with Crippen molar-refractivity contribution in [3.8, 4) is 0 Å². The lowest BCUT2D eigenvalue weighted by Gasteiger charge is -2.07. The number of thiophene rings is 1. The third kappa shape index (κ3) is 3.20. The minimum absolute atomic E-state index is 0.120. The van der Waals surface area contributed by atoms with Crippen molar-refractivity contribution < 1.29 is 4.42 Å². The van der Waals surface area contributed by atoms with Crippen LogP contribution in [0.3, 0.4) is 0 Å². The summed E-state index contributed by atoms with van der Waals surface area (Å²) in [6, 6.07) is 12.9. The summed E-state index contributed by atoms with van der Waals surface area (Å²) in [5.74, 6) is 0.869. The highest BCUT2D eigenvalue weighted by Crippen LogP contribution is 2.30. The van der Waals surface area contributed by atoms with E-state index in [0.717, 1.165) is 40.1 Å². The van der Waals surface area contributed by atoms with Crippen LogP contribution in [-0.4, -0.2) is 6.04 Å². The SMILES string of the molecule is C=C/C=C\c1oc2ccc(Nc3ccc4c5c(sc4c3)=CCC(N)C=5)cc2c1C. The average molecular weight is 399 g/mol. The molecule has 1 unspecified atom stereocenters. The maximum Gasteiger partial charge on any atom is 0.135 e. The summed E-state index contributed by atoms with van der Waals surface area (Å²) in [5.41, 5.74) is 10.2. The molecule has 0 aliphatic heterocycles. The Kier molecular flexibility index (Phi) is 4.38. The van der Waals surface area contributed by atoms with Gasteiger partial charge in [0.05, 0.1) is 0 Å². The zero-order valence-corrected chi connectivity index (χ0v) is 17.1. The number of anilines is 2. The number of rotatable bonds is 4. The van der Waals surface area contributed by atoms with Crippen LogP contribution < -0.4 is 20.8 Å². The Morgan fingerprint density at radius 2 is 2.00 bits per heavy atom. The number of allylic oxidation sites excluding steroid dienone is 2. The Morgan fingerprint density at radius 1 is 1.17 bits per heavy atom. The number of aryl methyl sites for hydroxylation is 1. The summed E-state index contributed by atoms with van der Waals surface area (Å²) in [5, 5.41) is 7.22. The summed E-state index contributed by atoms with van der Waals surface area (Å²) < 4.78 is 8.55. The standard InChI is InChI=1S/C25H22N2OS/c1-3-4-5-22-15(2)20-13-17(8-10-23(20)28-22)27-18-7-9-19-21-12-16(26)6-11-24(21)29-25(19)14-18/h3-5,7-14,16,27H,1,6,26H2,2H3/b5-4-. The Labute approximate surface area is 173 Å². The largest absolute Gasteiger partial charge is 0.456 e. The molecule has 2 aromatic heterocycles. The van der Waals surface area contributed by atoms with E-state index in [1.807, 2.05) is 29.6 Å². The molecule has 5 rings (SSSR count). The molecule has 2 heterocycles. The van der Waals surface area contributed by atoms with Crippen molar-refractivity contribution in [1.82, 2.24) is 0 Å². The number of hydrogen-bond donors (Lipinski definition) is 2. The average Bonchev–Trinajstić information content (AvgIpc) is 3.23. The number of nitrogens with one attached hydrogen (secondary N) is 1. The number of hydrogen-bond acceptors (Lipinski definition) is 4. The van der Waals surface area contributed by atoms with E-state index in [4.69, 9.17) is 10.2 Å². The molecule has 29 heavy (non-hydrogen) atoms. The molecular formula is C25H22N2OS. The quantitative estimate of drug-likeness (QED) is 0.465. The second-order valence-electron chi connectivity index (χ2n) is 7.38. The van der Waals surface area contributed by atoms with Crippen LogP contribution in [0.5, 0.6) is 0 Å². The molecule has 1 aliphatic rings. The lowest BCUT2D eigenvalue weighted by atomic mass is 10.1. The molecule has 3 N–H and O–H groups in total. The number of fused-ring (bicyclic) bond motifs is 4. The highest BCUT2D eigenvalue weighted by molar-refractivity contribution is 7.17. The van der Waals surface area contributed by atoms with Gasteiger partial charge in [0.15, 0.2) is 0 Å². The highest BCUT2D eigenvalue weighted by atomic mass is 32.1. The monoisotopic (exact) mass is 398 g/mol. The first-order valence-corrected chi connectivity index (χ1v) is 10.5. The summed E-state index contributed by atoms with van der Waals surface area (Å²) in [6.07, 6.45) is 10.9. The van der Waals surface area contributed by atoms with Crippen molar-refractivity contribution in [1.29, 1.82) is 0 Å². The predicted molar refractivity (Wildman–Crippen MR) is 126 cm³/mol. The Bertz CT molecular complexity index is 1400. The van der Waals surface area contributed by atoms with Crippen molar-refractivity contribution in [2.75, 3.05) is 5.32 Å².